The fourth-order valence-electron chi connectivity index (χ4n) is 2.88. The molecule has 0 aliphatic carbocycles. The van der Waals surface area contributed by atoms with E-state index in [0.717, 1.165) is 19.4 Å². The molecule has 1 unspecified atom stereocenters. The highest BCUT2D eigenvalue weighted by Crippen LogP contribution is 2.36. The van der Waals surface area contributed by atoms with E-state index in [1.807, 2.05) is 6.92 Å². The van der Waals surface area contributed by atoms with Gasteiger partial charge in [-0.15, -0.1) is 13.2 Å². The lowest BCUT2D eigenvalue weighted by Crippen LogP contribution is -2.33. The Hall–Kier alpha value is -1.56. The van der Waals surface area contributed by atoms with E-state index in [0.29, 0.717) is 13.0 Å². The van der Waals surface area contributed by atoms with Crippen molar-refractivity contribution in [3.63, 3.8) is 0 Å². The van der Waals surface area contributed by atoms with Crippen LogP contribution in [0.3, 0.4) is 0 Å². The van der Waals surface area contributed by atoms with E-state index in [1.54, 1.807) is 6.07 Å². The van der Waals surface area contributed by atoms with Gasteiger partial charge < -0.3 is 10.1 Å². The summed E-state index contributed by atoms with van der Waals surface area (Å²) in [6.07, 6.45) is -2.46. The molecule has 1 aliphatic heterocycles. The first-order valence-corrected chi connectivity index (χ1v) is 6.98. The largest absolute Gasteiger partial charge is 0.573 e. The molecule has 3 nitrogen and oxygen atoms in total. The molecule has 0 bridgehead atoms. The van der Waals surface area contributed by atoms with E-state index in [2.05, 4.69) is 10.1 Å². The van der Waals surface area contributed by atoms with Crippen molar-refractivity contribution < 1.29 is 22.7 Å². The Morgan fingerprint density at radius 3 is 2.76 bits per heavy atom. The van der Waals surface area contributed by atoms with Gasteiger partial charge in [0.2, 0.25) is 0 Å². The van der Waals surface area contributed by atoms with Crippen LogP contribution in [-0.2, 0) is 0 Å². The highest BCUT2D eigenvalue weighted by molar-refractivity contribution is 6.01. The SMILES string of the molecule is CCCC1(C(=O)c2cccc(OC(F)(F)F)c2)CCNC1. The van der Waals surface area contributed by atoms with Crippen LogP contribution in [0.1, 0.15) is 36.5 Å². The number of benzene rings is 1. The maximum absolute atomic E-state index is 12.7. The molecule has 21 heavy (non-hydrogen) atoms. The molecule has 0 saturated carbocycles. The summed E-state index contributed by atoms with van der Waals surface area (Å²) in [5.74, 6) is -0.465. The van der Waals surface area contributed by atoms with Crippen molar-refractivity contribution in [3.05, 3.63) is 29.8 Å². The Morgan fingerprint density at radius 1 is 1.43 bits per heavy atom. The lowest BCUT2D eigenvalue weighted by molar-refractivity contribution is -0.274. The molecule has 1 saturated heterocycles. The Labute approximate surface area is 121 Å². The number of carbonyl (C=O) groups excluding carboxylic acids is 1. The van der Waals surface area contributed by atoms with E-state index in [-0.39, 0.29) is 17.1 Å². The summed E-state index contributed by atoms with van der Waals surface area (Å²) in [7, 11) is 0. The molecule has 1 aromatic carbocycles. The molecule has 1 N–H and O–H groups in total. The number of hydrogen-bond donors (Lipinski definition) is 1. The zero-order valence-corrected chi connectivity index (χ0v) is 11.8. The molecular formula is C15H18F3NO2. The second-order valence-electron chi connectivity index (χ2n) is 5.36. The average Bonchev–Trinajstić information content (AvgIpc) is 2.86. The third-order valence-corrected chi connectivity index (χ3v) is 3.78. The van der Waals surface area contributed by atoms with Crippen molar-refractivity contribution in [2.45, 2.75) is 32.5 Å². The van der Waals surface area contributed by atoms with Crippen LogP contribution in [0.15, 0.2) is 24.3 Å². The highest BCUT2D eigenvalue weighted by Gasteiger charge is 2.40. The van der Waals surface area contributed by atoms with Crippen molar-refractivity contribution in [1.82, 2.24) is 5.32 Å². The van der Waals surface area contributed by atoms with Gasteiger partial charge in [0.25, 0.3) is 0 Å². The fraction of sp³-hybridized carbons (Fsp3) is 0.533. The van der Waals surface area contributed by atoms with Crippen LogP contribution in [0.5, 0.6) is 5.75 Å². The van der Waals surface area contributed by atoms with Crippen molar-refractivity contribution in [3.8, 4) is 5.75 Å². The van der Waals surface area contributed by atoms with E-state index in [4.69, 9.17) is 0 Å². The van der Waals surface area contributed by atoms with E-state index < -0.39 is 11.8 Å². The maximum atomic E-state index is 12.7. The predicted molar refractivity (Wildman–Crippen MR) is 72.3 cm³/mol. The first kappa shape index (κ1) is 15.8. The Morgan fingerprint density at radius 2 is 2.19 bits per heavy atom. The Balaban J connectivity index is 2.24. The van der Waals surface area contributed by atoms with Gasteiger partial charge in [-0.25, -0.2) is 0 Å². The maximum Gasteiger partial charge on any atom is 0.573 e. The number of Topliss-reactive ketones (excluding diaryl/α,β-unsaturated/α-hetero) is 1. The minimum Gasteiger partial charge on any atom is -0.406 e. The number of carbonyl (C=O) groups is 1. The molecule has 0 radical (unpaired) electrons. The summed E-state index contributed by atoms with van der Waals surface area (Å²) in [5.41, 5.74) is -0.236. The topological polar surface area (TPSA) is 38.3 Å². The van der Waals surface area contributed by atoms with Gasteiger partial charge in [0.15, 0.2) is 5.78 Å². The molecule has 1 fully saturated rings. The summed E-state index contributed by atoms with van der Waals surface area (Å²) >= 11 is 0. The van der Waals surface area contributed by atoms with Gasteiger partial charge in [-0.05, 0) is 31.5 Å². The standard InChI is InChI=1S/C15H18F3NO2/c1-2-6-14(7-8-19-10-14)13(20)11-4-3-5-12(9-11)21-15(16,17)18/h3-5,9,19H,2,6-8,10H2,1H3. The van der Waals surface area contributed by atoms with Crippen molar-refractivity contribution in [1.29, 1.82) is 0 Å². The molecule has 1 atom stereocenters. The second kappa shape index (κ2) is 6.05. The molecule has 2 rings (SSSR count). The summed E-state index contributed by atoms with van der Waals surface area (Å²) < 4.78 is 40.6. The number of rotatable bonds is 5. The molecule has 0 aromatic heterocycles. The Bertz CT molecular complexity index is 508. The van der Waals surface area contributed by atoms with Crippen molar-refractivity contribution in [2.24, 2.45) is 5.41 Å². The summed E-state index contributed by atoms with van der Waals surface area (Å²) in [6, 6.07) is 5.33. The van der Waals surface area contributed by atoms with Crippen LogP contribution < -0.4 is 10.1 Å². The number of nitrogens with one attached hydrogen (secondary N) is 1. The zero-order chi connectivity index (χ0) is 15.5. The molecule has 1 aromatic rings. The number of halogens is 3. The molecule has 1 aliphatic rings. The van der Waals surface area contributed by atoms with Gasteiger partial charge in [0.05, 0.1) is 0 Å². The van der Waals surface area contributed by atoms with Crippen LogP contribution in [0.4, 0.5) is 13.2 Å². The van der Waals surface area contributed by atoms with Gasteiger partial charge in [-0.1, -0.05) is 25.5 Å². The van der Waals surface area contributed by atoms with E-state index >= 15 is 0 Å². The van der Waals surface area contributed by atoms with Gasteiger partial charge in [-0.2, -0.15) is 0 Å². The van der Waals surface area contributed by atoms with Crippen LogP contribution >= 0.6 is 0 Å². The monoisotopic (exact) mass is 301 g/mol. The van der Waals surface area contributed by atoms with Gasteiger partial charge >= 0.3 is 6.36 Å². The molecular weight excluding hydrogens is 283 g/mol. The molecule has 1 heterocycles. The predicted octanol–water partition coefficient (Wildman–Crippen LogP) is 3.55. The van der Waals surface area contributed by atoms with Crippen molar-refractivity contribution in [2.75, 3.05) is 13.1 Å². The lowest BCUT2D eigenvalue weighted by Gasteiger charge is -2.26. The summed E-state index contributed by atoms with van der Waals surface area (Å²) in [6.45, 7) is 3.32. The average molecular weight is 301 g/mol. The van der Waals surface area contributed by atoms with Gasteiger partial charge in [0, 0.05) is 17.5 Å². The Kier molecular flexibility index (Phi) is 4.56. The number of ketones is 1. The van der Waals surface area contributed by atoms with Crippen molar-refractivity contribution >= 4 is 5.78 Å². The fourth-order valence-corrected chi connectivity index (χ4v) is 2.88. The number of hydrogen-bond acceptors (Lipinski definition) is 3. The molecule has 6 heteroatoms. The normalized spacial score (nSPS) is 22.3. The quantitative estimate of drug-likeness (QED) is 0.845. The first-order chi connectivity index (χ1) is 9.86. The molecule has 0 spiro atoms. The van der Waals surface area contributed by atoms with Crippen LogP contribution in [-0.4, -0.2) is 25.2 Å². The van der Waals surface area contributed by atoms with Crippen LogP contribution in [0, 0.1) is 5.41 Å². The lowest BCUT2D eigenvalue weighted by atomic mass is 9.76. The highest BCUT2D eigenvalue weighted by atomic mass is 19.4. The molecule has 116 valence electrons. The summed E-state index contributed by atoms with van der Waals surface area (Å²) in [5, 5.41) is 3.17. The minimum absolute atomic E-state index is 0.109. The number of alkyl halides is 3. The minimum atomic E-state index is -4.75. The second-order valence-corrected chi connectivity index (χ2v) is 5.36. The third kappa shape index (κ3) is 3.75. The van der Waals surface area contributed by atoms with E-state index in [1.165, 1.54) is 18.2 Å². The summed E-state index contributed by atoms with van der Waals surface area (Å²) in [4.78, 5) is 12.7. The van der Waals surface area contributed by atoms with Gasteiger partial charge in [0.1, 0.15) is 5.75 Å². The van der Waals surface area contributed by atoms with Gasteiger partial charge in [-0.3, -0.25) is 4.79 Å². The van der Waals surface area contributed by atoms with Crippen LogP contribution in [0.2, 0.25) is 0 Å². The first-order valence-electron chi connectivity index (χ1n) is 6.98. The smallest absolute Gasteiger partial charge is 0.406 e. The zero-order valence-electron chi connectivity index (χ0n) is 11.8. The van der Waals surface area contributed by atoms with Crippen LogP contribution in [0.25, 0.3) is 0 Å². The number of ether oxygens (including phenoxy) is 1. The molecule has 0 amide bonds. The third-order valence-electron chi connectivity index (χ3n) is 3.78. The van der Waals surface area contributed by atoms with E-state index in [9.17, 15) is 18.0 Å².